The molecule has 5 aliphatic rings. The molecule has 0 radical (unpaired) electrons. The third kappa shape index (κ3) is 6.01. The van der Waals surface area contributed by atoms with Crippen LogP contribution >= 0.6 is 0 Å². The topological polar surface area (TPSA) is 131 Å². The van der Waals surface area contributed by atoms with Crippen LogP contribution in [0.3, 0.4) is 0 Å². The molecule has 2 amide bonds. The summed E-state index contributed by atoms with van der Waals surface area (Å²) in [6.07, 6.45) is 12.5. The summed E-state index contributed by atoms with van der Waals surface area (Å²) in [5.74, 6) is 3.08. The van der Waals surface area contributed by atoms with Crippen molar-refractivity contribution in [3.8, 4) is 0 Å². The van der Waals surface area contributed by atoms with E-state index in [1.807, 2.05) is 24.0 Å². The number of imidazole rings is 1. The molecular weight excluding hydrogens is 659 g/mol. The van der Waals surface area contributed by atoms with Crippen molar-refractivity contribution >= 4 is 43.1 Å². The molecule has 3 saturated carbocycles. The molecule has 4 aromatic heterocycles. The number of anilines is 3. The van der Waals surface area contributed by atoms with Gasteiger partial charge in [0, 0.05) is 67.6 Å². The van der Waals surface area contributed by atoms with Gasteiger partial charge in [0.25, 0.3) is 0 Å². The highest BCUT2D eigenvalue weighted by molar-refractivity contribution is 6.74. The van der Waals surface area contributed by atoms with Crippen LogP contribution in [-0.4, -0.2) is 68.6 Å². The molecule has 4 aromatic rings. The maximum absolute atomic E-state index is 13.3. The van der Waals surface area contributed by atoms with Crippen molar-refractivity contribution in [2.45, 2.75) is 102 Å². The Hall–Kier alpha value is -4.23. The average molecular weight is 706 g/mol. The van der Waals surface area contributed by atoms with Crippen molar-refractivity contribution in [2.75, 3.05) is 28.2 Å². The third-order valence-electron chi connectivity index (χ3n) is 12.2. The number of hydrogen-bond acceptors (Lipinski definition) is 9. The second kappa shape index (κ2) is 11.6. The van der Waals surface area contributed by atoms with Gasteiger partial charge < -0.3 is 23.9 Å². The Morgan fingerprint density at radius 2 is 1.82 bits per heavy atom. The van der Waals surface area contributed by atoms with E-state index in [-0.39, 0.29) is 46.8 Å². The Kier molecular flexibility index (Phi) is 7.45. The molecule has 12 nitrogen and oxygen atoms in total. The standard InChI is InChI=1S/C38H47N9O3Si/c1-21-9-10-39-34(42-21)27-14-28(27)36(48)44-32-15-33(41-20-40-32)46-18-25(50-51(5,6)38(2,3)4)13-30(46)29-19-45-16-23(22-7-8-22)12-31(35(45)43-29)47-17-24-11-26(24)37(47)49/h9-10,12,15-16,19-20,22,24-28,30H,7-8,11,13-14,17-18H2,1-6H3,(H,40,41,44,48)/t24?,25-,26?,27-,28-,30+/m0/s1. The summed E-state index contributed by atoms with van der Waals surface area (Å²) in [5.41, 5.74) is 4.85. The fourth-order valence-corrected chi connectivity index (χ4v) is 9.19. The molecule has 1 N–H and O–H groups in total. The van der Waals surface area contributed by atoms with Crippen LogP contribution < -0.4 is 15.1 Å². The van der Waals surface area contributed by atoms with Gasteiger partial charge in [-0.2, -0.15) is 0 Å². The monoisotopic (exact) mass is 705 g/mol. The van der Waals surface area contributed by atoms with Gasteiger partial charge in [0.2, 0.25) is 11.8 Å². The molecule has 3 aliphatic carbocycles. The van der Waals surface area contributed by atoms with E-state index >= 15 is 0 Å². The van der Waals surface area contributed by atoms with Gasteiger partial charge in [-0.25, -0.2) is 24.9 Å². The van der Waals surface area contributed by atoms with E-state index in [4.69, 9.17) is 14.4 Å². The van der Waals surface area contributed by atoms with Gasteiger partial charge in [0.05, 0.1) is 23.5 Å². The summed E-state index contributed by atoms with van der Waals surface area (Å²) in [6.45, 7) is 14.7. The van der Waals surface area contributed by atoms with E-state index < -0.39 is 8.32 Å². The summed E-state index contributed by atoms with van der Waals surface area (Å²) in [5, 5.41) is 3.11. The molecule has 5 fully saturated rings. The molecule has 2 saturated heterocycles. The van der Waals surface area contributed by atoms with Crippen LogP contribution in [0.25, 0.3) is 5.65 Å². The van der Waals surface area contributed by atoms with Gasteiger partial charge >= 0.3 is 0 Å². The highest BCUT2D eigenvalue weighted by Crippen LogP contribution is 2.50. The molecule has 9 rings (SSSR count). The minimum atomic E-state index is -2.09. The van der Waals surface area contributed by atoms with Gasteiger partial charge in [-0.15, -0.1) is 0 Å². The number of piperidine rings is 1. The van der Waals surface area contributed by atoms with Crippen LogP contribution in [0, 0.1) is 24.7 Å². The number of fused-ring (bicyclic) bond motifs is 2. The lowest BCUT2D eigenvalue weighted by molar-refractivity contribution is -0.119. The maximum atomic E-state index is 13.3. The van der Waals surface area contributed by atoms with Crippen molar-refractivity contribution in [3.63, 3.8) is 0 Å². The van der Waals surface area contributed by atoms with Crippen LogP contribution in [0.5, 0.6) is 0 Å². The predicted molar refractivity (Wildman–Crippen MR) is 196 cm³/mol. The van der Waals surface area contributed by atoms with Gasteiger partial charge in [0.1, 0.15) is 23.8 Å². The molecule has 0 spiro atoms. The van der Waals surface area contributed by atoms with Crippen LogP contribution in [0.15, 0.2) is 43.1 Å². The van der Waals surface area contributed by atoms with Crippen molar-refractivity contribution in [1.82, 2.24) is 29.3 Å². The number of rotatable bonds is 9. The van der Waals surface area contributed by atoms with E-state index in [9.17, 15) is 9.59 Å². The van der Waals surface area contributed by atoms with E-state index in [0.29, 0.717) is 30.0 Å². The highest BCUT2D eigenvalue weighted by Gasteiger charge is 2.53. The first-order valence-corrected chi connectivity index (χ1v) is 21.4. The minimum absolute atomic E-state index is 0.0180. The zero-order valence-corrected chi connectivity index (χ0v) is 31.3. The van der Waals surface area contributed by atoms with E-state index in [1.54, 1.807) is 6.20 Å². The lowest BCUT2D eigenvalue weighted by Crippen LogP contribution is -2.44. The van der Waals surface area contributed by atoms with Crippen molar-refractivity contribution in [1.29, 1.82) is 0 Å². The van der Waals surface area contributed by atoms with E-state index in [1.165, 1.54) is 24.7 Å². The number of carbonyl (C=O) groups excluding carboxylic acids is 2. The maximum Gasteiger partial charge on any atom is 0.230 e. The number of aromatic nitrogens is 6. The largest absolute Gasteiger partial charge is 0.412 e. The smallest absolute Gasteiger partial charge is 0.230 e. The predicted octanol–water partition coefficient (Wildman–Crippen LogP) is 6.17. The molecule has 13 heteroatoms. The number of amides is 2. The molecule has 2 aliphatic heterocycles. The van der Waals surface area contributed by atoms with E-state index in [2.05, 4.69) is 81.9 Å². The Morgan fingerprint density at radius 1 is 1.00 bits per heavy atom. The Bertz CT molecular complexity index is 2060. The highest BCUT2D eigenvalue weighted by atomic mass is 28.4. The van der Waals surface area contributed by atoms with Gasteiger partial charge in [0.15, 0.2) is 14.0 Å². The number of carbonyl (C=O) groups is 2. The molecule has 0 bridgehead atoms. The van der Waals surface area contributed by atoms with Gasteiger partial charge in [-0.05, 0) is 80.3 Å². The summed E-state index contributed by atoms with van der Waals surface area (Å²) in [7, 11) is -2.09. The fourth-order valence-electron chi connectivity index (χ4n) is 7.83. The fraction of sp³-hybridized carbons (Fsp3) is 0.553. The third-order valence-corrected chi connectivity index (χ3v) is 16.7. The number of nitrogens with zero attached hydrogens (tertiary/aromatic N) is 8. The van der Waals surface area contributed by atoms with Gasteiger partial charge in [-0.1, -0.05) is 20.8 Å². The van der Waals surface area contributed by atoms with Gasteiger partial charge in [-0.3, -0.25) is 9.59 Å². The Balaban J connectivity index is 1.03. The summed E-state index contributed by atoms with van der Waals surface area (Å²) in [6, 6.07) is 5.83. The van der Waals surface area contributed by atoms with Crippen LogP contribution in [-0.2, 0) is 14.0 Å². The second-order valence-electron chi connectivity index (χ2n) is 17.0. The summed E-state index contributed by atoms with van der Waals surface area (Å²) in [4.78, 5) is 54.3. The quantitative estimate of drug-likeness (QED) is 0.203. The SMILES string of the molecule is Cc1ccnc([C@H]2C[C@@H]2C(=O)Nc2cc(N3C[C@@H](O[Si](C)(C)C(C)(C)C)C[C@@H]3c3cn4cc(C5CC5)cc(N5CC6CC6C5=O)c4n3)ncn2)n1. The minimum Gasteiger partial charge on any atom is -0.412 e. The first kappa shape index (κ1) is 32.7. The molecular formula is C38H47N9O3Si. The molecule has 266 valence electrons. The number of pyridine rings is 1. The van der Waals surface area contributed by atoms with Crippen LogP contribution in [0.4, 0.5) is 17.3 Å². The molecule has 6 heterocycles. The lowest BCUT2D eigenvalue weighted by Gasteiger charge is -2.38. The number of aryl methyl sites for hydroxylation is 1. The lowest BCUT2D eigenvalue weighted by atomic mass is 10.1. The Labute approximate surface area is 299 Å². The Morgan fingerprint density at radius 3 is 2.55 bits per heavy atom. The normalized spacial score (nSPS) is 27.3. The molecule has 6 atom stereocenters. The summed E-state index contributed by atoms with van der Waals surface area (Å²) >= 11 is 0. The zero-order valence-electron chi connectivity index (χ0n) is 30.3. The number of hydrogen-bond donors (Lipinski definition) is 1. The molecule has 0 aromatic carbocycles. The van der Waals surface area contributed by atoms with Crippen LogP contribution in [0.1, 0.15) is 93.5 Å². The van der Waals surface area contributed by atoms with Crippen molar-refractivity contribution in [2.24, 2.45) is 17.8 Å². The number of nitrogens with one attached hydrogen (secondary N) is 1. The second-order valence-corrected chi connectivity index (χ2v) is 21.8. The molecule has 51 heavy (non-hydrogen) atoms. The van der Waals surface area contributed by atoms with Crippen molar-refractivity contribution in [3.05, 3.63) is 65.9 Å². The molecule has 2 unspecified atom stereocenters. The zero-order chi connectivity index (χ0) is 35.4. The summed E-state index contributed by atoms with van der Waals surface area (Å²) < 4.78 is 9.16. The van der Waals surface area contributed by atoms with Crippen LogP contribution in [0.2, 0.25) is 18.1 Å². The first-order chi connectivity index (χ1) is 24.3. The van der Waals surface area contributed by atoms with Crippen molar-refractivity contribution < 1.29 is 14.0 Å². The first-order valence-electron chi connectivity index (χ1n) is 18.5. The van der Waals surface area contributed by atoms with E-state index in [0.717, 1.165) is 54.4 Å². The average Bonchev–Trinajstić information content (AvgIpc) is 4.02.